The Morgan fingerprint density at radius 2 is 2.10 bits per heavy atom. The van der Waals surface area contributed by atoms with Crippen LogP contribution in [0.4, 0.5) is 0 Å². The van der Waals surface area contributed by atoms with Gasteiger partial charge in [-0.05, 0) is 0 Å². The highest BCUT2D eigenvalue weighted by molar-refractivity contribution is 6.09. The highest BCUT2D eigenvalue weighted by atomic mass is 16.5. The normalized spacial score (nSPS) is 26.1. The van der Waals surface area contributed by atoms with E-state index in [4.69, 9.17) is 4.74 Å². The molecular formula is C16H16O4. The lowest BCUT2D eigenvalue weighted by atomic mass is 9.77. The SMILES string of the molecule is C=C[C@@]1(C)COC(=O)C1C(=O)/C=C(\O)c1ccccc1. The van der Waals surface area contributed by atoms with E-state index < -0.39 is 23.1 Å². The summed E-state index contributed by atoms with van der Waals surface area (Å²) in [6.07, 6.45) is 2.63. The molecule has 1 heterocycles. The first kappa shape index (κ1) is 14.1. The minimum Gasteiger partial charge on any atom is -0.507 e. The Labute approximate surface area is 117 Å². The molecule has 4 nitrogen and oxygen atoms in total. The Balaban J connectivity index is 2.28. The number of ketones is 1. The van der Waals surface area contributed by atoms with E-state index in [0.717, 1.165) is 6.08 Å². The average Bonchev–Trinajstić information content (AvgIpc) is 2.76. The lowest BCUT2D eigenvalue weighted by molar-refractivity contribution is -0.143. The Morgan fingerprint density at radius 1 is 1.45 bits per heavy atom. The third kappa shape index (κ3) is 2.50. The average molecular weight is 272 g/mol. The molecule has 1 fully saturated rings. The van der Waals surface area contributed by atoms with Gasteiger partial charge in [-0.2, -0.15) is 0 Å². The van der Waals surface area contributed by atoms with Gasteiger partial charge in [0.05, 0.1) is 0 Å². The minimum atomic E-state index is -0.953. The maximum atomic E-state index is 12.2. The predicted molar refractivity (Wildman–Crippen MR) is 74.8 cm³/mol. The first-order chi connectivity index (χ1) is 9.48. The zero-order chi connectivity index (χ0) is 14.8. The number of hydrogen-bond donors (Lipinski definition) is 1. The number of benzene rings is 1. The van der Waals surface area contributed by atoms with Crippen LogP contribution < -0.4 is 0 Å². The molecule has 0 amide bonds. The quantitative estimate of drug-likeness (QED) is 0.301. The molecule has 0 radical (unpaired) electrons. The highest BCUT2D eigenvalue weighted by Gasteiger charge is 2.48. The number of carbonyl (C=O) groups excluding carboxylic acids is 2. The Bertz CT molecular complexity index is 573. The van der Waals surface area contributed by atoms with Gasteiger partial charge < -0.3 is 9.84 Å². The van der Waals surface area contributed by atoms with Crippen molar-refractivity contribution in [2.24, 2.45) is 11.3 Å². The van der Waals surface area contributed by atoms with Gasteiger partial charge in [-0.15, -0.1) is 6.58 Å². The number of aliphatic hydroxyl groups excluding tert-OH is 1. The summed E-state index contributed by atoms with van der Waals surface area (Å²) in [7, 11) is 0. The van der Waals surface area contributed by atoms with Crippen molar-refractivity contribution in [3.63, 3.8) is 0 Å². The van der Waals surface area contributed by atoms with Crippen molar-refractivity contribution in [3.05, 3.63) is 54.6 Å². The molecule has 1 aliphatic heterocycles. The maximum absolute atomic E-state index is 12.2. The van der Waals surface area contributed by atoms with E-state index in [0.29, 0.717) is 5.56 Å². The molecule has 1 N–H and O–H groups in total. The van der Waals surface area contributed by atoms with E-state index in [1.807, 2.05) is 6.07 Å². The van der Waals surface area contributed by atoms with E-state index in [-0.39, 0.29) is 12.4 Å². The molecule has 1 aromatic carbocycles. The van der Waals surface area contributed by atoms with Crippen LogP contribution in [0.3, 0.4) is 0 Å². The molecule has 0 bridgehead atoms. The van der Waals surface area contributed by atoms with Gasteiger partial charge in [-0.1, -0.05) is 43.3 Å². The van der Waals surface area contributed by atoms with Crippen LogP contribution >= 0.6 is 0 Å². The first-order valence-corrected chi connectivity index (χ1v) is 6.28. The summed E-state index contributed by atoms with van der Waals surface area (Å²) in [6.45, 7) is 5.52. The molecule has 0 aliphatic carbocycles. The molecule has 104 valence electrons. The molecule has 0 aromatic heterocycles. The summed E-state index contributed by atoms with van der Waals surface area (Å²) in [6, 6.07) is 8.67. The number of ether oxygens (including phenoxy) is 1. The fourth-order valence-corrected chi connectivity index (χ4v) is 2.19. The molecule has 1 aliphatic rings. The van der Waals surface area contributed by atoms with Gasteiger partial charge in [-0.3, -0.25) is 9.59 Å². The predicted octanol–water partition coefficient (Wildman–Crippen LogP) is 2.52. The number of esters is 1. The Kier molecular flexibility index (Phi) is 3.74. The van der Waals surface area contributed by atoms with Crippen LogP contribution in [0.25, 0.3) is 5.76 Å². The third-order valence-electron chi connectivity index (χ3n) is 3.52. The van der Waals surface area contributed by atoms with Gasteiger partial charge >= 0.3 is 5.97 Å². The molecule has 2 atom stereocenters. The largest absolute Gasteiger partial charge is 0.507 e. The summed E-state index contributed by atoms with van der Waals surface area (Å²) in [5.74, 6) is -2.17. The monoisotopic (exact) mass is 272 g/mol. The number of allylic oxidation sites excluding steroid dienone is 1. The van der Waals surface area contributed by atoms with Gasteiger partial charge in [0.2, 0.25) is 0 Å². The van der Waals surface area contributed by atoms with Crippen molar-refractivity contribution in [3.8, 4) is 0 Å². The van der Waals surface area contributed by atoms with Crippen LogP contribution in [-0.2, 0) is 14.3 Å². The van der Waals surface area contributed by atoms with Gasteiger partial charge in [0.15, 0.2) is 5.78 Å². The van der Waals surface area contributed by atoms with Crippen molar-refractivity contribution < 1.29 is 19.4 Å². The van der Waals surface area contributed by atoms with E-state index in [9.17, 15) is 14.7 Å². The van der Waals surface area contributed by atoms with Gasteiger partial charge in [0.25, 0.3) is 0 Å². The van der Waals surface area contributed by atoms with Crippen molar-refractivity contribution in [2.45, 2.75) is 6.92 Å². The van der Waals surface area contributed by atoms with Crippen LogP contribution in [0.2, 0.25) is 0 Å². The van der Waals surface area contributed by atoms with E-state index in [1.54, 1.807) is 37.3 Å². The van der Waals surface area contributed by atoms with Gasteiger partial charge in [-0.25, -0.2) is 0 Å². The lowest BCUT2D eigenvalue weighted by Gasteiger charge is -2.20. The first-order valence-electron chi connectivity index (χ1n) is 6.28. The van der Waals surface area contributed by atoms with E-state index >= 15 is 0 Å². The third-order valence-corrected chi connectivity index (χ3v) is 3.52. The van der Waals surface area contributed by atoms with Crippen LogP contribution in [0.15, 0.2) is 49.1 Å². The fourth-order valence-electron chi connectivity index (χ4n) is 2.19. The Hall–Kier alpha value is -2.36. The molecule has 2 rings (SSSR count). The highest BCUT2D eigenvalue weighted by Crippen LogP contribution is 2.37. The van der Waals surface area contributed by atoms with Gasteiger partial charge in [0.1, 0.15) is 18.3 Å². The second kappa shape index (κ2) is 5.33. The number of aliphatic hydroxyl groups is 1. The minimum absolute atomic E-state index is 0.131. The second-order valence-electron chi connectivity index (χ2n) is 5.05. The smallest absolute Gasteiger partial charge is 0.317 e. The second-order valence-corrected chi connectivity index (χ2v) is 5.05. The maximum Gasteiger partial charge on any atom is 0.317 e. The summed E-state index contributed by atoms with van der Waals surface area (Å²) in [5, 5.41) is 9.94. The molecule has 1 unspecified atom stereocenters. The summed E-state index contributed by atoms with van der Waals surface area (Å²) in [4.78, 5) is 23.9. The van der Waals surface area contributed by atoms with Crippen LogP contribution in [0, 0.1) is 11.3 Å². The molecular weight excluding hydrogens is 256 g/mol. The molecule has 20 heavy (non-hydrogen) atoms. The van der Waals surface area contributed by atoms with Crippen molar-refractivity contribution in [1.29, 1.82) is 0 Å². The van der Waals surface area contributed by atoms with Crippen LogP contribution in [-0.4, -0.2) is 23.5 Å². The van der Waals surface area contributed by atoms with Crippen molar-refractivity contribution >= 4 is 17.5 Å². The fraction of sp³-hybridized carbons (Fsp3) is 0.250. The van der Waals surface area contributed by atoms with Crippen LogP contribution in [0.1, 0.15) is 12.5 Å². The molecule has 1 saturated heterocycles. The number of cyclic esters (lactones) is 1. The molecule has 4 heteroatoms. The standard InChI is InChI=1S/C16H16O4/c1-3-16(2)10-20-15(19)14(16)13(18)9-12(17)11-7-5-4-6-8-11/h3-9,14,17H,1,10H2,2H3/b12-9-/t14?,16-/m0/s1. The summed E-state index contributed by atoms with van der Waals surface area (Å²) in [5.41, 5.74) is -0.214. The van der Waals surface area contributed by atoms with E-state index in [2.05, 4.69) is 6.58 Å². The number of hydrogen-bond acceptors (Lipinski definition) is 4. The van der Waals surface area contributed by atoms with Crippen molar-refractivity contribution in [2.75, 3.05) is 6.61 Å². The van der Waals surface area contributed by atoms with Gasteiger partial charge in [0, 0.05) is 17.1 Å². The summed E-state index contributed by atoms with van der Waals surface area (Å²) >= 11 is 0. The van der Waals surface area contributed by atoms with Crippen LogP contribution in [0.5, 0.6) is 0 Å². The lowest BCUT2D eigenvalue weighted by Crippen LogP contribution is -2.31. The van der Waals surface area contributed by atoms with E-state index in [1.165, 1.54) is 0 Å². The summed E-state index contributed by atoms with van der Waals surface area (Å²) < 4.78 is 4.94. The Morgan fingerprint density at radius 3 is 2.70 bits per heavy atom. The molecule has 0 saturated carbocycles. The molecule has 0 spiro atoms. The van der Waals surface area contributed by atoms with Crippen molar-refractivity contribution in [1.82, 2.24) is 0 Å². The zero-order valence-electron chi connectivity index (χ0n) is 11.2. The zero-order valence-corrected chi connectivity index (χ0v) is 11.2. The number of rotatable bonds is 4. The molecule has 1 aromatic rings. The number of carbonyl (C=O) groups is 2. The topological polar surface area (TPSA) is 63.6 Å².